The first-order chi connectivity index (χ1) is 10.0. The number of amides is 1. The molecule has 0 radical (unpaired) electrons. The highest BCUT2D eigenvalue weighted by Crippen LogP contribution is 2.30. The topological polar surface area (TPSA) is 47.6 Å². The van der Waals surface area contributed by atoms with Gasteiger partial charge in [-0.15, -0.1) is 11.3 Å². The number of rotatable bonds is 5. The Morgan fingerprint density at radius 3 is 2.48 bits per heavy atom. The SMILES string of the molecule is COc1ccc([C@H](C)NC(=O)c2ccc(Cl)s2)cc1OC. The average molecular weight is 326 g/mol. The maximum Gasteiger partial charge on any atom is 0.261 e. The van der Waals surface area contributed by atoms with Gasteiger partial charge in [0.25, 0.3) is 5.91 Å². The molecule has 0 fully saturated rings. The molecule has 0 saturated carbocycles. The fourth-order valence-corrected chi connectivity index (χ4v) is 2.86. The Labute approximate surface area is 132 Å². The molecular weight excluding hydrogens is 310 g/mol. The smallest absolute Gasteiger partial charge is 0.261 e. The molecule has 1 heterocycles. The second kappa shape index (κ2) is 6.83. The summed E-state index contributed by atoms with van der Waals surface area (Å²) in [7, 11) is 3.17. The summed E-state index contributed by atoms with van der Waals surface area (Å²) >= 11 is 7.09. The van der Waals surface area contributed by atoms with E-state index in [1.54, 1.807) is 26.4 Å². The Morgan fingerprint density at radius 2 is 1.90 bits per heavy atom. The van der Waals surface area contributed by atoms with E-state index >= 15 is 0 Å². The van der Waals surface area contributed by atoms with Gasteiger partial charge in [-0.3, -0.25) is 4.79 Å². The minimum absolute atomic E-state index is 0.144. The summed E-state index contributed by atoms with van der Waals surface area (Å²) < 4.78 is 11.1. The molecule has 0 saturated heterocycles. The standard InChI is InChI=1S/C15H16ClNO3S/c1-9(17-15(18)13-6-7-14(16)21-13)10-4-5-11(19-2)12(8-10)20-3/h4-9H,1-3H3,(H,17,18)/t9-/m0/s1. The van der Waals surface area contributed by atoms with Crippen LogP contribution in [-0.4, -0.2) is 20.1 Å². The number of nitrogens with one attached hydrogen (secondary N) is 1. The average Bonchev–Trinajstić information content (AvgIpc) is 2.93. The van der Waals surface area contributed by atoms with Crippen LogP contribution in [0.2, 0.25) is 4.34 Å². The summed E-state index contributed by atoms with van der Waals surface area (Å²) in [5, 5.41) is 2.93. The number of halogens is 1. The van der Waals surface area contributed by atoms with E-state index in [9.17, 15) is 4.79 Å². The van der Waals surface area contributed by atoms with Crippen LogP contribution in [-0.2, 0) is 0 Å². The van der Waals surface area contributed by atoms with Gasteiger partial charge in [0.1, 0.15) is 0 Å². The second-order valence-corrected chi connectivity index (χ2v) is 6.13. The molecule has 0 spiro atoms. The Bertz CT molecular complexity index is 642. The van der Waals surface area contributed by atoms with Crippen LogP contribution in [0.3, 0.4) is 0 Å². The summed E-state index contributed by atoms with van der Waals surface area (Å²) in [5.74, 6) is 1.15. The van der Waals surface area contributed by atoms with Crippen LogP contribution >= 0.6 is 22.9 Å². The van der Waals surface area contributed by atoms with Gasteiger partial charge in [0.05, 0.1) is 29.5 Å². The number of carbonyl (C=O) groups is 1. The third-order valence-corrected chi connectivity index (χ3v) is 4.28. The van der Waals surface area contributed by atoms with Crippen molar-refractivity contribution in [1.29, 1.82) is 0 Å². The van der Waals surface area contributed by atoms with E-state index in [1.807, 2.05) is 25.1 Å². The summed E-state index contributed by atoms with van der Waals surface area (Å²) in [5.41, 5.74) is 0.934. The third kappa shape index (κ3) is 3.68. The molecule has 0 unspecified atom stereocenters. The van der Waals surface area contributed by atoms with Crippen LogP contribution in [0.5, 0.6) is 11.5 Å². The molecule has 1 atom stereocenters. The lowest BCUT2D eigenvalue weighted by Crippen LogP contribution is -2.25. The maximum atomic E-state index is 12.1. The number of carbonyl (C=O) groups excluding carboxylic acids is 1. The van der Waals surface area contributed by atoms with Crippen LogP contribution in [0.1, 0.15) is 28.2 Å². The predicted octanol–water partition coefficient (Wildman–Crippen LogP) is 3.91. The molecule has 112 valence electrons. The van der Waals surface area contributed by atoms with Crippen molar-refractivity contribution in [3.05, 3.63) is 45.1 Å². The van der Waals surface area contributed by atoms with E-state index in [2.05, 4.69) is 5.32 Å². The van der Waals surface area contributed by atoms with Crippen LogP contribution in [0, 0.1) is 0 Å². The van der Waals surface area contributed by atoms with Gasteiger partial charge in [0.2, 0.25) is 0 Å². The zero-order valence-corrected chi connectivity index (χ0v) is 13.5. The molecular formula is C15H16ClNO3S. The first-order valence-corrected chi connectivity index (χ1v) is 7.52. The van der Waals surface area contributed by atoms with Gasteiger partial charge in [-0.25, -0.2) is 0 Å². The normalized spacial score (nSPS) is 11.8. The van der Waals surface area contributed by atoms with E-state index in [1.165, 1.54) is 11.3 Å². The molecule has 6 heteroatoms. The third-order valence-electron chi connectivity index (χ3n) is 3.05. The van der Waals surface area contributed by atoms with Crippen LogP contribution < -0.4 is 14.8 Å². The van der Waals surface area contributed by atoms with Crippen molar-refractivity contribution >= 4 is 28.8 Å². The number of thiophene rings is 1. The first kappa shape index (κ1) is 15.7. The van der Waals surface area contributed by atoms with Crippen molar-refractivity contribution in [3.63, 3.8) is 0 Å². The largest absolute Gasteiger partial charge is 0.493 e. The molecule has 1 N–H and O–H groups in total. The molecule has 1 aromatic carbocycles. The molecule has 0 aliphatic rings. The quantitative estimate of drug-likeness (QED) is 0.906. The number of ether oxygens (including phenoxy) is 2. The molecule has 0 bridgehead atoms. The molecule has 21 heavy (non-hydrogen) atoms. The molecule has 1 amide bonds. The molecule has 0 aliphatic carbocycles. The molecule has 4 nitrogen and oxygen atoms in total. The van der Waals surface area contributed by atoms with E-state index in [4.69, 9.17) is 21.1 Å². The molecule has 0 aliphatic heterocycles. The summed E-state index contributed by atoms with van der Waals surface area (Å²) in [6.45, 7) is 1.91. The van der Waals surface area contributed by atoms with Crippen molar-refractivity contribution < 1.29 is 14.3 Å². The zero-order valence-electron chi connectivity index (χ0n) is 12.0. The summed E-state index contributed by atoms with van der Waals surface area (Å²) in [6, 6.07) is 8.84. The van der Waals surface area contributed by atoms with Gasteiger partial charge in [-0.2, -0.15) is 0 Å². The van der Waals surface area contributed by atoms with Crippen LogP contribution in [0.15, 0.2) is 30.3 Å². The predicted molar refractivity (Wildman–Crippen MR) is 84.8 cm³/mol. The molecule has 2 rings (SSSR count). The lowest BCUT2D eigenvalue weighted by atomic mass is 10.1. The van der Waals surface area contributed by atoms with Crippen molar-refractivity contribution in [1.82, 2.24) is 5.32 Å². The molecule has 2 aromatic rings. The first-order valence-electron chi connectivity index (χ1n) is 6.33. The van der Waals surface area contributed by atoms with Crippen LogP contribution in [0.25, 0.3) is 0 Å². The van der Waals surface area contributed by atoms with E-state index in [0.717, 1.165) is 5.56 Å². The molecule has 1 aromatic heterocycles. The number of methoxy groups -OCH3 is 2. The second-order valence-electron chi connectivity index (χ2n) is 4.41. The summed E-state index contributed by atoms with van der Waals surface area (Å²) in [4.78, 5) is 12.7. The fourth-order valence-electron chi connectivity index (χ4n) is 1.91. The van der Waals surface area contributed by atoms with E-state index in [-0.39, 0.29) is 11.9 Å². The maximum absolute atomic E-state index is 12.1. The van der Waals surface area contributed by atoms with Gasteiger partial charge in [0, 0.05) is 0 Å². The highest BCUT2D eigenvalue weighted by Gasteiger charge is 2.15. The zero-order chi connectivity index (χ0) is 15.4. The Kier molecular flexibility index (Phi) is 5.09. The summed E-state index contributed by atoms with van der Waals surface area (Å²) in [6.07, 6.45) is 0. The number of hydrogen-bond donors (Lipinski definition) is 1. The highest BCUT2D eigenvalue weighted by molar-refractivity contribution is 7.17. The number of benzene rings is 1. The lowest BCUT2D eigenvalue weighted by Gasteiger charge is -2.16. The van der Waals surface area contributed by atoms with Gasteiger partial charge in [-0.05, 0) is 36.8 Å². The van der Waals surface area contributed by atoms with Gasteiger partial charge >= 0.3 is 0 Å². The van der Waals surface area contributed by atoms with Crippen molar-refractivity contribution in [2.75, 3.05) is 14.2 Å². The lowest BCUT2D eigenvalue weighted by molar-refractivity contribution is 0.0944. The Balaban J connectivity index is 2.13. The Morgan fingerprint density at radius 1 is 1.19 bits per heavy atom. The van der Waals surface area contributed by atoms with Crippen molar-refractivity contribution in [2.45, 2.75) is 13.0 Å². The minimum Gasteiger partial charge on any atom is -0.493 e. The monoisotopic (exact) mass is 325 g/mol. The van der Waals surface area contributed by atoms with Crippen LogP contribution in [0.4, 0.5) is 0 Å². The van der Waals surface area contributed by atoms with Gasteiger partial charge < -0.3 is 14.8 Å². The van der Waals surface area contributed by atoms with Gasteiger partial charge in [0.15, 0.2) is 11.5 Å². The highest BCUT2D eigenvalue weighted by atomic mass is 35.5. The Hall–Kier alpha value is -1.72. The van der Waals surface area contributed by atoms with Crippen molar-refractivity contribution in [2.24, 2.45) is 0 Å². The van der Waals surface area contributed by atoms with Crippen molar-refractivity contribution in [3.8, 4) is 11.5 Å². The minimum atomic E-state index is -0.154. The van der Waals surface area contributed by atoms with Gasteiger partial charge in [-0.1, -0.05) is 17.7 Å². The number of hydrogen-bond acceptors (Lipinski definition) is 4. The fraction of sp³-hybridized carbons (Fsp3) is 0.267. The van der Waals surface area contributed by atoms with E-state index in [0.29, 0.717) is 20.7 Å². The van der Waals surface area contributed by atoms with E-state index < -0.39 is 0 Å².